The number of ether oxygens (including phenoxy) is 1. The highest BCUT2D eigenvalue weighted by Crippen LogP contribution is 2.27. The maximum Gasteiger partial charge on any atom is 0.142 e. The Labute approximate surface area is 121 Å². The molecule has 1 atom stereocenters. The molecule has 0 amide bonds. The molecule has 0 aliphatic carbocycles. The number of hydrogen-bond acceptors (Lipinski definition) is 4. The first kappa shape index (κ1) is 14.0. The standard InChI is InChI=1S/C14H16BrN3O/c1-19-13-7-4-8-17-14(13)12(18-16)9-10-5-2-3-6-11(10)15/h2-8,12,18H,9,16H2,1H3. The number of halogens is 1. The van der Waals surface area contributed by atoms with Crippen molar-refractivity contribution in [2.45, 2.75) is 12.5 Å². The Morgan fingerprint density at radius 3 is 2.79 bits per heavy atom. The lowest BCUT2D eigenvalue weighted by Gasteiger charge is -2.18. The minimum Gasteiger partial charge on any atom is -0.495 e. The number of nitrogens with zero attached hydrogens (tertiary/aromatic N) is 1. The van der Waals surface area contributed by atoms with Crippen LogP contribution in [-0.4, -0.2) is 12.1 Å². The minimum absolute atomic E-state index is 0.102. The largest absolute Gasteiger partial charge is 0.495 e. The molecule has 0 saturated carbocycles. The van der Waals surface area contributed by atoms with Crippen LogP contribution < -0.4 is 16.0 Å². The van der Waals surface area contributed by atoms with Crippen LogP contribution in [0.25, 0.3) is 0 Å². The third-order valence-corrected chi connectivity index (χ3v) is 3.71. The Kier molecular flexibility index (Phi) is 4.90. The van der Waals surface area contributed by atoms with E-state index in [1.165, 1.54) is 0 Å². The highest BCUT2D eigenvalue weighted by molar-refractivity contribution is 9.10. The van der Waals surface area contributed by atoms with Gasteiger partial charge in [0.25, 0.3) is 0 Å². The summed E-state index contributed by atoms with van der Waals surface area (Å²) in [4.78, 5) is 4.36. The molecule has 1 aromatic carbocycles. The lowest BCUT2D eigenvalue weighted by molar-refractivity contribution is 0.394. The van der Waals surface area contributed by atoms with E-state index in [1.807, 2.05) is 30.3 Å². The highest BCUT2D eigenvalue weighted by atomic mass is 79.9. The smallest absolute Gasteiger partial charge is 0.142 e. The fourth-order valence-electron chi connectivity index (χ4n) is 1.96. The summed E-state index contributed by atoms with van der Waals surface area (Å²) >= 11 is 3.54. The Hall–Kier alpha value is -1.43. The number of hydrazine groups is 1. The van der Waals surface area contributed by atoms with Crippen molar-refractivity contribution >= 4 is 15.9 Å². The van der Waals surface area contributed by atoms with E-state index in [-0.39, 0.29) is 6.04 Å². The van der Waals surface area contributed by atoms with Crippen molar-refractivity contribution in [2.75, 3.05) is 7.11 Å². The maximum absolute atomic E-state index is 5.67. The van der Waals surface area contributed by atoms with Crippen LogP contribution >= 0.6 is 15.9 Å². The molecule has 0 aliphatic rings. The second-order valence-corrected chi connectivity index (χ2v) is 4.96. The number of pyridine rings is 1. The van der Waals surface area contributed by atoms with Crippen LogP contribution in [0.5, 0.6) is 5.75 Å². The quantitative estimate of drug-likeness (QED) is 0.656. The van der Waals surface area contributed by atoms with Gasteiger partial charge in [0.2, 0.25) is 0 Å². The van der Waals surface area contributed by atoms with Crippen LogP contribution in [0, 0.1) is 0 Å². The summed E-state index contributed by atoms with van der Waals surface area (Å²) in [6.07, 6.45) is 2.47. The molecule has 1 unspecified atom stereocenters. The molecule has 100 valence electrons. The molecular weight excluding hydrogens is 306 g/mol. The van der Waals surface area contributed by atoms with Gasteiger partial charge >= 0.3 is 0 Å². The van der Waals surface area contributed by atoms with Gasteiger partial charge in [-0.2, -0.15) is 0 Å². The fourth-order valence-corrected chi connectivity index (χ4v) is 2.40. The van der Waals surface area contributed by atoms with E-state index in [1.54, 1.807) is 13.3 Å². The number of nitrogens with one attached hydrogen (secondary N) is 1. The Balaban J connectivity index is 2.28. The highest BCUT2D eigenvalue weighted by Gasteiger charge is 2.17. The van der Waals surface area contributed by atoms with Crippen LogP contribution in [0.15, 0.2) is 47.1 Å². The van der Waals surface area contributed by atoms with E-state index in [9.17, 15) is 0 Å². The van der Waals surface area contributed by atoms with Crippen LogP contribution in [0.1, 0.15) is 17.3 Å². The van der Waals surface area contributed by atoms with E-state index >= 15 is 0 Å². The van der Waals surface area contributed by atoms with Gasteiger partial charge in [0, 0.05) is 10.7 Å². The van der Waals surface area contributed by atoms with Gasteiger partial charge in [-0.05, 0) is 30.2 Å². The number of methoxy groups -OCH3 is 1. The Morgan fingerprint density at radius 1 is 1.32 bits per heavy atom. The van der Waals surface area contributed by atoms with Crippen molar-refractivity contribution < 1.29 is 4.74 Å². The van der Waals surface area contributed by atoms with Crippen LogP contribution in [-0.2, 0) is 6.42 Å². The number of benzene rings is 1. The molecule has 0 bridgehead atoms. The van der Waals surface area contributed by atoms with Gasteiger partial charge in [-0.15, -0.1) is 0 Å². The average molecular weight is 322 g/mol. The SMILES string of the molecule is COc1cccnc1C(Cc1ccccc1Br)NN. The topological polar surface area (TPSA) is 60.2 Å². The molecule has 0 aliphatic heterocycles. The van der Waals surface area contributed by atoms with Crippen molar-refractivity contribution in [1.29, 1.82) is 0 Å². The van der Waals surface area contributed by atoms with Gasteiger partial charge in [0.15, 0.2) is 0 Å². The summed E-state index contributed by atoms with van der Waals surface area (Å²) in [6.45, 7) is 0. The van der Waals surface area contributed by atoms with Gasteiger partial charge in [0.05, 0.1) is 13.2 Å². The molecule has 2 rings (SSSR count). The molecule has 19 heavy (non-hydrogen) atoms. The van der Waals surface area contributed by atoms with Gasteiger partial charge < -0.3 is 4.74 Å². The molecule has 1 aromatic heterocycles. The molecule has 0 saturated heterocycles. The second kappa shape index (κ2) is 6.65. The number of hydrogen-bond donors (Lipinski definition) is 2. The third-order valence-electron chi connectivity index (χ3n) is 2.93. The zero-order valence-corrected chi connectivity index (χ0v) is 12.2. The van der Waals surface area contributed by atoms with Crippen molar-refractivity contribution in [3.05, 3.63) is 58.3 Å². The van der Waals surface area contributed by atoms with E-state index < -0.39 is 0 Å². The minimum atomic E-state index is -0.102. The lowest BCUT2D eigenvalue weighted by Crippen LogP contribution is -2.30. The summed E-state index contributed by atoms with van der Waals surface area (Å²) in [5.41, 5.74) is 4.78. The Morgan fingerprint density at radius 2 is 2.11 bits per heavy atom. The van der Waals surface area contributed by atoms with E-state index in [4.69, 9.17) is 10.6 Å². The monoisotopic (exact) mass is 321 g/mol. The predicted molar refractivity (Wildman–Crippen MR) is 78.7 cm³/mol. The third kappa shape index (κ3) is 3.32. The molecule has 1 heterocycles. The zero-order chi connectivity index (χ0) is 13.7. The van der Waals surface area contributed by atoms with E-state index in [2.05, 4.69) is 32.4 Å². The van der Waals surface area contributed by atoms with E-state index in [0.29, 0.717) is 0 Å². The number of rotatable bonds is 5. The Bertz CT molecular complexity index is 548. The summed E-state index contributed by atoms with van der Waals surface area (Å²) in [6, 6.07) is 11.7. The van der Waals surface area contributed by atoms with Crippen molar-refractivity contribution in [1.82, 2.24) is 10.4 Å². The molecule has 0 spiro atoms. The average Bonchev–Trinajstić information content (AvgIpc) is 2.46. The molecule has 5 heteroatoms. The molecule has 4 nitrogen and oxygen atoms in total. The molecular formula is C14H16BrN3O. The van der Waals surface area contributed by atoms with Crippen molar-refractivity contribution in [3.8, 4) is 5.75 Å². The number of aromatic nitrogens is 1. The van der Waals surface area contributed by atoms with E-state index in [0.717, 1.165) is 27.9 Å². The van der Waals surface area contributed by atoms with Crippen molar-refractivity contribution in [3.63, 3.8) is 0 Å². The van der Waals surface area contributed by atoms with Crippen LogP contribution in [0.3, 0.4) is 0 Å². The maximum atomic E-state index is 5.67. The molecule has 3 N–H and O–H groups in total. The summed E-state index contributed by atoms with van der Waals surface area (Å²) in [7, 11) is 1.63. The summed E-state index contributed by atoms with van der Waals surface area (Å²) in [5, 5.41) is 0. The van der Waals surface area contributed by atoms with Gasteiger partial charge in [-0.25, -0.2) is 0 Å². The van der Waals surface area contributed by atoms with Crippen molar-refractivity contribution in [2.24, 2.45) is 5.84 Å². The summed E-state index contributed by atoms with van der Waals surface area (Å²) in [5.74, 6) is 6.40. The first-order valence-corrected chi connectivity index (χ1v) is 6.74. The predicted octanol–water partition coefficient (Wildman–Crippen LogP) is 2.60. The first-order chi connectivity index (χ1) is 9.26. The second-order valence-electron chi connectivity index (χ2n) is 4.11. The lowest BCUT2D eigenvalue weighted by atomic mass is 10.0. The molecule has 0 fully saturated rings. The number of nitrogens with two attached hydrogens (primary N) is 1. The van der Waals surface area contributed by atoms with Crippen LogP contribution in [0.2, 0.25) is 0 Å². The molecule has 2 aromatic rings. The first-order valence-electron chi connectivity index (χ1n) is 5.94. The van der Waals surface area contributed by atoms with Gasteiger partial charge in [-0.3, -0.25) is 16.3 Å². The molecule has 0 radical (unpaired) electrons. The summed E-state index contributed by atoms with van der Waals surface area (Å²) < 4.78 is 6.39. The van der Waals surface area contributed by atoms with Crippen LogP contribution in [0.4, 0.5) is 0 Å². The fraction of sp³-hybridized carbons (Fsp3) is 0.214. The van der Waals surface area contributed by atoms with Gasteiger partial charge in [-0.1, -0.05) is 34.1 Å². The normalized spacial score (nSPS) is 12.2. The van der Waals surface area contributed by atoms with Gasteiger partial charge in [0.1, 0.15) is 11.4 Å². The zero-order valence-electron chi connectivity index (χ0n) is 10.6.